The lowest BCUT2D eigenvalue weighted by molar-refractivity contribution is 0.0169. The summed E-state index contributed by atoms with van der Waals surface area (Å²) in [6.07, 6.45) is 0. The van der Waals surface area contributed by atoms with Gasteiger partial charge < -0.3 is 24.8 Å². The molecule has 0 saturated carbocycles. The molecule has 1 fully saturated rings. The highest BCUT2D eigenvalue weighted by atomic mass is 19.1. The van der Waals surface area contributed by atoms with Crippen molar-refractivity contribution >= 4 is 5.96 Å². The fourth-order valence-electron chi connectivity index (χ4n) is 3.49. The van der Waals surface area contributed by atoms with E-state index in [0.717, 1.165) is 30.2 Å². The van der Waals surface area contributed by atoms with Gasteiger partial charge in [-0.1, -0.05) is 12.1 Å². The van der Waals surface area contributed by atoms with Crippen molar-refractivity contribution in [2.45, 2.75) is 6.04 Å². The van der Waals surface area contributed by atoms with Gasteiger partial charge in [-0.05, 0) is 42.0 Å². The van der Waals surface area contributed by atoms with E-state index in [0.29, 0.717) is 38.9 Å². The highest BCUT2D eigenvalue weighted by Crippen LogP contribution is 2.22. The first-order valence-corrected chi connectivity index (χ1v) is 10.5. The number of aliphatic imine (C=N–C) groups is 1. The average Bonchev–Trinajstić information content (AvgIpc) is 2.81. The number of morpholine rings is 1. The molecule has 1 saturated heterocycles. The van der Waals surface area contributed by atoms with Crippen LogP contribution in [0.4, 0.5) is 4.39 Å². The predicted molar refractivity (Wildman–Crippen MR) is 119 cm³/mol. The Labute approximate surface area is 183 Å². The van der Waals surface area contributed by atoms with Crippen molar-refractivity contribution in [2.75, 3.05) is 60.2 Å². The Morgan fingerprint density at radius 2 is 1.87 bits per heavy atom. The Hall–Kier alpha value is -2.84. The van der Waals surface area contributed by atoms with E-state index in [1.54, 1.807) is 26.3 Å². The van der Waals surface area contributed by atoms with Crippen LogP contribution in [0.2, 0.25) is 0 Å². The second-order valence-electron chi connectivity index (χ2n) is 7.12. The van der Waals surface area contributed by atoms with E-state index in [-0.39, 0.29) is 11.9 Å². The molecule has 1 heterocycles. The summed E-state index contributed by atoms with van der Waals surface area (Å²) in [6, 6.07) is 14.3. The van der Waals surface area contributed by atoms with Crippen molar-refractivity contribution in [1.82, 2.24) is 15.5 Å². The van der Waals surface area contributed by atoms with Crippen molar-refractivity contribution in [3.63, 3.8) is 0 Å². The molecule has 0 aliphatic carbocycles. The van der Waals surface area contributed by atoms with Crippen molar-refractivity contribution in [3.8, 4) is 11.5 Å². The lowest BCUT2D eigenvalue weighted by Gasteiger charge is -2.35. The third-order valence-corrected chi connectivity index (χ3v) is 5.13. The molecule has 2 aromatic carbocycles. The van der Waals surface area contributed by atoms with E-state index < -0.39 is 0 Å². The van der Waals surface area contributed by atoms with Gasteiger partial charge in [-0.2, -0.15) is 0 Å². The molecule has 1 aliphatic rings. The first-order valence-electron chi connectivity index (χ1n) is 10.5. The lowest BCUT2D eigenvalue weighted by Crippen LogP contribution is -2.46. The van der Waals surface area contributed by atoms with Crippen LogP contribution in [-0.4, -0.2) is 71.0 Å². The number of hydrogen-bond donors (Lipinski definition) is 2. The van der Waals surface area contributed by atoms with Crippen LogP contribution in [0, 0.1) is 5.82 Å². The summed E-state index contributed by atoms with van der Waals surface area (Å²) >= 11 is 0. The molecule has 1 aliphatic heterocycles. The third-order valence-electron chi connectivity index (χ3n) is 5.13. The number of nitrogens with zero attached hydrogens (tertiary/aromatic N) is 2. The minimum absolute atomic E-state index is 0.0219. The van der Waals surface area contributed by atoms with E-state index in [1.807, 2.05) is 30.3 Å². The zero-order valence-electron chi connectivity index (χ0n) is 18.1. The maximum absolute atomic E-state index is 13.8. The van der Waals surface area contributed by atoms with Crippen LogP contribution >= 0.6 is 0 Å². The second-order valence-corrected chi connectivity index (χ2v) is 7.12. The maximum Gasteiger partial charge on any atom is 0.191 e. The largest absolute Gasteiger partial charge is 0.497 e. The topological polar surface area (TPSA) is 67.4 Å². The van der Waals surface area contributed by atoms with Crippen LogP contribution in [-0.2, 0) is 4.74 Å². The zero-order chi connectivity index (χ0) is 21.9. The SMILES string of the molecule is CN=C(NCCOc1ccc(OC)cc1)NCC(c1cccc(F)c1)N1CCOCC1. The summed E-state index contributed by atoms with van der Waals surface area (Å²) in [5.41, 5.74) is 0.938. The Kier molecular flexibility index (Phi) is 8.93. The summed E-state index contributed by atoms with van der Waals surface area (Å²) in [5, 5.41) is 6.62. The van der Waals surface area contributed by atoms with Crippen molar-refractivity contribution < 1.29 is 18.6 Å². The van der Waals surface area contributed by atoms with E-state index >= 15 is 0 Å². The number of ether oxygens (including phenoxy) is 3. The Morgan fingerprint density at radius 3 is 2.55 bits per heavy atom. The average molecular weight is 431 g/mol. The molecule has 0 radical (unpaired) electrons. The molecule has 2 N–H and O–H groups in total. The Bertz CT molecular complexity index is 826. The van der Waals surface area contributed by atoms with Crippen molar-refractivity contribution in [3.05, 3.63) is 59.9 Å². The highest BCUT2D eigenvalue weighted by Gasteiger charge is 2.23. The molecule has 31 heavy (non-hydrogen) atoms. The molecule has 0 bridgehead atoms. The maximum atomic E-state index is 13.8. The Morgan fingerprint density at radius 1 is 1.13 bits per heavy atom. The number of guanidine groups is 1. The van der Waals surface area contributed by atoms with Gasteiger partial charge in [-0.3, -0.25) is 9.89 Å². The molecule has 0 spiro atoms. The number of methoxy groups -OCH3 is 1. The highest BCUT2D eigenvalue weighted by molar-refractivity contribution is 5.79. The summed E-state index contributed by atoms with van der Waals surface area (Å²) in [5.74, 6) is 2.02. The number of rotatable bonds is 9. The number of hydrogen-bond acceptors (Lipinski definition) is 5. The standard InChI is InChI=1S/C23H31FN4O3/c1-25-23(26-10-13-31-21-8-6-20(29-2)7-9-21)27-17-22(28-11-14-30-15-12-28)18-4-3-5-19(24)16-18/h3-9,16,22H,10-15,17H2,1-2H3,(H2,25,26,27). The smallest absolute Gasteiger partial charge is 0.191 e. The number of benzene rings is 2. The van der Waals surface area contributed by atoms with E-state index in [4.69, 9.17) is 14.2 Å². The minimum Gasteiger partial charge on any atom is -0.497 e. The molecular weight excluding hydrogens is 399 g/mol. The van der Waals surface area contributed by atoms with Gasteiger partial charge in [-0.25, -0.2) is 4.39 Å². The summed E-state index contributed by atoms with van der Waals surface area (Å²) in [6.45, 7) is 4.67. The molecule has 1 unspecified atom stereocenters. The second kappa shape index (κ2) is 12.1. The quantitative estimate of drug-likeness (QED) is 0.362. The van der Waals surface area contributed by atoms with Crippen LogP contribution < -0.4 is 20.1 Å². The van der Waals surface area contributed by atoms with Crippen molar-refractivity contribution in [2.24, 2.45) is 4.99 Å². The van der Waals surface area contributed by atoms with Gasteiger partial charge in [0.15, 0.2) is 5.96 Å². The molecule has 7 nitrogen and oxygen atoms in total. The fourth-order valence-corrected chi connectivity index (χ4v) is 3.49. The molecule has 1 atom stereocenters. The Balaban J connectivity index is 1.50. The first kappa shape index (κ1) is 22.8. The summed E-state index contributed by atoms with van der Waals surface area (Å²) in [4.78, 5) is 6.60. The normalized spacial score (nSPS) is 15.9. The minimum atomic E-state index is -0.228. The van der Waals surface area contributed by atoms with Gasteiger partial charge in [0.1, 0.15) is 23.9 Å². The molecule has 8 heteroatoms. The fraction of sp³-hybridized carbons (Fsp3) is 0.435. The van der Waals surface area contributed by atoms with E-state index in [2.05, 4.69) is 20.5 Å². The molecule has 3 rings (SSSR count). The lowest BCUT2D eigenvalue weighted by atomic mass is 10.0. The first-order chi connectivity index (χ1) is 15.2. The molecule has 2 aromatic rings. The van der Waals surface area contributed by atoms with Crippen LogP contribution in [0.1, 0.15) is 11.6 Å². The van der Waals surface area contributed by atoms with Crippen molar-refractivity contribution in [1.29, 1.82) is 0 Å². The molecule has 0 aromatic heterocycles. The zero-order valence-corrected chi connectivity index (χ0v) is 18.1. The van der Waals surface area contributed by atoms with Crippen LogP contribution in [0.3, 0.4) is 0 Å². The van der Waals surface area contributed by atoms with Gasteiger partial charge >= 0.3 is 0 Å². The third kappa shape index (κ3) is 7.11. The van der Waals surface area contributed by atoms with Crippen LogP contribution in [0.15, 0.2) is 53.5 Å². The molecular formula is C23H31FN4O3. The molecule has 168 valence electrons. The van der Waals surface area contributed by atoms with E-state index in [9.17, 15) is 4.39 Å². The summed E-state index contributed by atoms with van der Waals surface area (Å²) in [7, 11) is 3.36. The monoisotopic (exact) mass is 430 g/mol. The predicted octanol–water partition coefficient (Wildman–Crippen LogP) is 2.45. The molecule has 0 amide bonds. The van der Waals surface area contributed by atoms with Gasteiger partial charge in [-0.15, -0.1) is 0 Å². The van der Waals surface area contributed by atoms with Gasteiger partial charge in [0.25, 0.3) is 0 Å². The van der Waals surface area contributed by atoms with Gasteiger partial charge in [0.2, 0.25) is 0 Å². The van der Waals surface area contributed by atoms with E-state index in [1.165, 1.54) is 6.07 Å². The van der Waals surface area contributed by atoms with Crippen LogP contribution in [0.5, 0.6) is 11.5 Å². The summed E-state index contributed by atoms with van der Waals surface area (Å²) < 4.78 is 30.2. The number of nitrogens with one attached hydrogen (secondary N) is 2. The van der Waals surface area contributed by atoms with Crippen LogP contribution in [0.25, 0.3) is 0 Å². The number of halogens is 1. The van der Waals surface area contributed by atoms with Gasteiger partial charge in [0.05, 0.1) is 32.9 Å². The van der Waals surface area contributed by atoms with Gasteiger partial charge in [0, 0.05) is 26.7 Å².